The van der Waals surface area contributed by atoms with E-state index in [-0.39, 0.29) is 11.7 Å². The molecule has 0 aliphatic heterocycles. The van der Waals surface area contributed by atoms with E-state index in [2.05, 4.69) is 44.7 Å². The van der Waals surface area contributed by atoms with Gasteiger partial charge in [0.15, 0.2) is 0 Å². The Labute approximate surface area is 182 Å². The first-order chi connectivity index (χ1) is 14.9. The number of amides is 1. The molecule has 0 spiro atoms. The molecule has 0 saturated carbocycles. The first-order valence-corrected chi connectivity index (χ1v) is 10.4. The molecule has 1 unspecified atom stereocenters. The number of rotatable bonds is 9. The Morgan fingerprint density at radius 2 is 1.74 bits per heavy atom. The molecule has 0 saturated heterocycles. The van der Waals surface area contributed by atoms with Crippen molar-refractivity contribution < 1.29 is 9.18 Å². The van der Waals surface area contributed by atoms with E-state index >= 15 is 0 Å². The molecule has 164 valence electrons. The molecule has 0 aliphatic rings. The fourth-order valence-corrected chi connectivity index (χ4v) is 3.58. The lowest BCUT2D eigenvalue weighted by atomic mass is 10.0. The van der Waals surface area contributed by atoms with E-state index in [0.29, 0.717) is 25.3 Å². The van der Waals surface area contributed by atoms with Gasteiger partial charge in [0.1, 0.15) is 17.7 Å². The molecule has 3 rings (SSSR count). The number of tetrazole rings is 1. The van der Waals surface area contributed by atoms with Crippen molar-refractivity contribution >= 4 is 5.91 Å². The zero-order chi connectivity index (χ0) is 22.4. The second-order valence-corrected chi connectivity index (χ2v) is 7.93. The number of carbonyl (C=O) groups excluding carboxylic acids is 1. The molecule has 0 fully saturated rings. The summed E-state index contributed by atoms with van der Waals surface area (Å²) >= 11 is 0. The number of aryl methyl sites for hydroxylation is 1. The molecular weight excluding hydrogens is 395 g/mol. The summed E-state index contributed by atoms with van der Waals surface area (Å²) in [6.07, 6.45) is 0.306. The summed E-state index contributed by atoms with van der Waals surface area (Å²) in [5.74, 6) is 0.112. The molecule has 1 atom stereocenters. The van der Waals surface area contributed by atoms with E-state index in [4.69, 9.17) is 0 Å². The van der Waals surface area contributed by atoms with Crippen LogP contribution in [-0.4, -0.2) is 56.6 Å². The first-order valence-electron chi connectivity index (χ1n) is 10.4. The van der Waals surface area contributed by atoms with Gasteiger partial charge in [-0.3, -0.25) is 4.79 Å². The average molecular weight is 425 g/mol. The third-order valence-electron chi connectivity index (χ3n) is 5.14. The highest BCUT2D eigenvalue weighted by Crippen LogP contribution is 2.20. The minimum Gasteiger partial charge on any atom is -0.337 e. The molecule has 8 heteroatoms. The van der Waals surface area contributed by atoms with Gasteiger partial charge < -0.3 is 9.80 Å². The van der Waals surface area contributed by atoms with Crippen LogP contribution in [0.5, 0.6) is 0 Å². The van der Waals surface area contributed by atoms with Gasteiger partial charge in [-0.25, -0.2) is 9.07 Å². The standard InChI is InChI=1S/C23H29FN6O/c1-5-29(16-19-11-9-18(10-12-19)15-28(3)4)23(31)22(30-17(2)25-26-27-30)14-20-7-6-8-21(24)13-20/h6-13,22H,5,14-16H2,1-4H3. The SMILES string of the molecule is CCN(Cc1ccc(CN(C)C)cc1)C(=O)C(Cc1cccc(F)c1)n1nnnc1C. The fraction of sp³-hybridized carbons (Fsp3) is 0.391. The van der Waals surface area contributed by atoms with Gasteiger partial charge in [0, 0.05) is 26.1 Å². The van der Waals surface area contributed by atoms with Crippen molar-refractivity contribution in [3.63, 3.8) is 0 Å². The van der Waals surface area contributed by atoms with Gasteiger partial charge in [0.2, 0.25) is 5.91 Å². The van der Waals surface area contributed by atoms with Crippen LogP contribution in [0.15, 0.2) is 48.5 Å². The maximum Gasteiger partial charge on any atom is 0.248 e. The number of aromatic nitrogens is 4. The smallest absolute Gasteiger partial charge is 0.248 e. The van der Waals surface area contributed by atoms with Crippen molar-refractivity contribution in [1.82, 2.24) is 30.0 Å². The fourth-order valence-electron chi connectivity index (χ4n) is 3.58. The number of hydrogen-bond acceptors (Lipinski definition) is 5. The Morgan fingerprint density at radius 3 is 2.29 bits per heavy atom. The van der Waals surface area contributed by atoms with E-state index < -0.39 is 6.04 Å². The van der Waals surface area contributed by atoms with Gasteiger partial charge in [-0.1, -0.05) is 36.4 Å². The topological polar surface area (TPSA) is 67.2 Å². The highest BCUT2D eigenvalue weighted by Gasteiger charge is 2.28. The molecule has 1 aromatic heterocycles. The van der Waals surface area contributed by atoms with Gasteiger partial charge in [-0.2, -0.15) is 0 Å². The van der Waals surface area contributed by atoms with E-state index in [0.717, 1.165) is 17.7 Å². The molecule has 7 nitrogen and oxygen atoms in total. The van der Waals surface area contributed by atoms with Crippen LogP contribution in [0.2, 0.25) is 0 Å². The molecule has 0 bridgehead atoms. The largest absolute Gasteiger partial charge is 0.337 e. The monoisotopic (exact) mass is 424 g/mol. The predicted octanol–water partition coefficient (Wildman–Crippen LogP) is 3.01. The highest BCUT2D eigenvalue weighted by atomic mass is 19.1. The van der Waals surface area contributed by atoms with Crippen molar-refractivity contribution in [3.05, 3.63) is 76.9 Å². The summed E-state index contributed by atoms with van der Waals surface area (Å²) in [4.78, 5) is 17.4. The van der Waals surface area contributed by atoms with Crippen LogP contribution in [0.25, 0.3) is 0 Å². The predicted molar refractivity (Wildman–Crippen MR) is 117 cm³/mol. The van der Waals surface area contributed by atoms with E-state index in [1.165, 1.54) is 22.4 Å². The molecule has 1 heterocycles. The molecule has 0 radical (unpaired) electrons. The van der Waals surface area contributed by atoms with Crippen LogP contribution >= 0.6 is 0 Å². The second-order valence-electron chi connectivity index (χ2n) is 7.93. The normalized spacial score (nSPS) is 12.2. The lowest BCUT2D eigenvalue weighted by Crippen LogP contribution is -2.38. The minimum atomic E-state index is -0.648. The van der Waals surface area contributed by atoms with Crippen molar-refractivity contribution in [1.29, 1.82) is 0 Å². The maximum absolute atomic E-state index is 13.7. The van der Waals surface area contributed by atoms with Crippen LogP contribution in [0, 0.1) is 12.7 Å². The van der Waals surface area contributed by atoms with Gasteiger partial charge in [0.05, 0.1) is 0 Å². The van der Waals surface area contributed by atoms with Crippen molar-refractivity contribution in [2.24, 2.45) is 0 Å². The third-order valence-corrected chi connectivity index (χ3v) is 5.14. The summed E-state index contributed by atoms with van der Waals surface area (Å²) < 4.78 is 15.2. The Balaban J connectivity index is 1.82. The lowest BCUT2D eigenvalue weighted by Gasteiger charge is -2.27. The molecule has 3 aromatic rings. The number of likely N-dealkylation sites (N-methyl/N-ethyl adjacent to an activating group) is 1. The molecule has 1 amide bonds. The number of carbonyl (C=O) groups is 1. The summed E-state index contributed by atoms with van der Waals surface area (Å²) in [6, 6.07) is 13.9. The van der Waals surface area contributed by atoms with Crippen LogP contribution in [0.1, 0.15) is 35.5 Å². The zero-order valence-electron chi connectivity index (χ0n) is 18.5. The van der Waals surface area contributed by atoms with Crippen molar-refractivity contribution in [2.75, 3.05) is 20.6 Å². The lowest BCUT2D eigenvalue weighted by molar-refractivity contribution is -0.135. The van der Waals surface area contributed by atoms with E-state index in [1.54, 1.807) is 17.9 Å². The van der Waals surface area contributed by atoms with Crippen LogP contribution in [0.4, 0.5) is 4.39 Å². The van der Waals surface area contributed by atoms with Crippen LogP contribution < -0.4 is 0 Å². The average Bonchev–Trinajstić information content (AvgIpc) is 3.16. The Morgan fingerprint density at radius 1 is 1.06 bits per heavy atom. The van der Waals surface area contributed by atoms with Gasteiger partial charge in [0.25, 0.3) is 0 Å². The van der Waals surface area contributed by atoms with Crippen molar-refractivity contribution in [3.8, 4) is 0 Å². The minimum absolute atomic E-state index is 0.0977. The summed E-state index contributed by atoms with van der Waals surface area (Å²) in [7, 11) is 4.07. The number of benzene rings is 2. The molecule has 31 heavy (non-hydrogen) atoms. The second kappa shape index (κ2) is 10.3. The molecule has 0 aliphatic carbocycles. The van der Waals surface area contributed by atoms with Crippen molar-refractivity contribution in [2.45, 2.75) is 39.4 Å². The first kappa shape index (κ1) is 22.6. The summed E-state index contributed by atoms with van der Waals surface area (Å²) in [5, 5.41) is 11.7. The van der Waals surface area contributed by atoms with E-state index in [1.807, 2.05) is 27.1 Å². The third kappa shape index (κ3) is 5.95. The number of halogens is 1. The van der Waals surface area contributed by atoms with Gasteiger partial charge in [-0.15, -0.1) is 5.10 Å². The Bertz CT molecular complexity index is 1000. The highest BCUT2D eigenvalue weighted by molar-refractivity contribution is 5.80. The Kier molecular flexibility index (Phi) is 7.46. The van der Waals surface area contributed by atoms with Crippen LogP contribution in [0.3, 0.4) is 0 Å². The summed E-state index contributed by atoms with van der Waals surface area (Å²) in [6.45, 7) is 5.60. The van der Waals surface area contributed by atoms with E-state index in [9.17, 15) is 9.18 Å². The molecule has 2 aromatic carbocycles. The zero-order valence-corrected chi connectivity index (χ0v) is 18.5. The number of hydrogen-bond donors (Lipinski definition) is 0. The van der Waals surface area contributed by atoms with Gasteiger partial charge >= 0.3 is 0 Å². The maximum atomic E-state index is 13.7. The molecule has 0 N–H and O–H groups in total. The number of nitrogens with zero attached hydrogens (tertiary/aromatic N) is 6. The summed E-state index contributed by atoms with van der Waals surface area (Å²) in [5.41, 5.74) is 2.99. The Hall–Kier alpha value is -3.13. The van der Waals surface area contributed by atoms with Crippen LogP contribution in [-0.2, 0) is 24.3 Å². The quantitative estimate of drug-likeness (QED) is 0.528. The molecular formula is C23H29FN6O. The van der Waals surface area contributed by atoms with Gasteiger partial charge in [-0.05, 0) is 67.2 Å².